The normalized spacial score (nSPS) is 11.9. The predicted octanol–water partition coefficient (Wildman–Crippen LogP) is 2.51. The average molecular weight is 359 g/mol. The van der Waals surface area contributed by atoms with Crippen molar-refractivity contribution in [2.45, 2.75) is 32.9 Å². The van der Waals surface area contributed by atoms with E-state index in [-0.39, 0.29) is 0 Å². The number of rotatable bonds is 6. The first kappa shape index (κ1) is 17.2. The summed E-state index contributed by atoms with van der Waals surface area (Å²) in [5, 5.41) is 16.6. The number of guanidine groups is 1. The highest BCUT2D eigenvalue weighted by Gasteiger charge is 2.09. The van der Waals surface area contributed by atoms with E-state index in [0.29, 0.717) is 42.4 Å². The van der Waals surface area contributed by atoms with Crippen molar-refractivity contribution in [3.63, 3.8) is 0 Å². The van der Waals surface area contributed by atoms with Gasteiger partial charge in [-0.25, -0.2) is 9.97 Å². The summed E-state index contributed by atoms with van der Waals surface area (Å²) in [5.41, 5.74) is 1.12. The standard InChI is InChI=1S/C16H21N7OS/c1-10(2)11-9-25-14(20-11)8-19-16(17-3)18-7-13-21-15(23-22-13)12-5-4-6-24-12/h4-6,9-10H,7-8H2,1-3H3,(H2,17,18,19)(H,21,22,23). The molecular weight excluding hydrogens is 338 g/mol. The lowest BCUT2D eigenvalue weighted by Crippen LogP contribution is -2.36. The van der Waals surface area contributed by atoms with Crippen LogP contribution in [0.15, 0.2) is 33.2 Å². The molecule has 8 nitrogen and oxygen atoms in total. The Hall–Kier alpha value is -2.68. The number of aromatic amines is 1. The molecule has 0 aromatic carbocycles. The van der Waals surface area contributed by atoms with Gasteiger partial charge in [-0.1, -0.05) is 13.8 Å². The Balaban J connectivity index is 1.51. The highest BCUT2D eigenvalue weighted by Crippen LogP contribution is 2.17. The van der Waals surface area contributed by atoms with Gasteiger partial charge in [0.25, 0.3) is 0 Å². The fraction of sp³-hybridized carbons (Fsp3) is 0.375. The van der Waals surface area contributed by atoms with Gasteiger partial charge < -0.3 is 15.1 Å². The molecule has 3 aromatic rings. The van der Waals surface area contributed by atoms with Crippen molar-refractivity contribution in [1.29, 1.82) is 0 Å². The van der Waals surface area contributed by atoms with Crippen molar-refractivity contribution in [3.8, 4) is 11.6 Å². The average Bonchev–Trinajstić information content (AvgIpc) is 3.35. The molecule has 3 rings (SSSR count). The fourth-order valence-electron chi connectivity index (χ4n) is 2.11. The van der Waals surface area contributed by atoms with Crippen LogP contribution in [0.25, 0.3) is 11.6 Å². The molecule has 3 heterocycles. The van der Waals surface area contributed by atoms with Crippen molar-refractivity contribution in [2.24, 2.45) is 4.99 Å². The lowest BCUT2D eigenvalue weighted by atomic mass is 10.2. The first-order valence-electron chi connectivity index (χ1n) is 7.99. The van der Waals surface area contributed by atoms with E-state index in [1.165, 1.54) is 0 Å². The Morgan fingerprint density at radius 1 is 1.32 bits per heavy atom. The van der Waals surface area contributed by atoms with Gasteiger partial charge in [-0.15, -0.1) is 16.4 Å². The van der Waals surface area contributed by atoms with Crippen molar-refractivity contribution in [3.05, 3.63) is 40.3 Å². The quantitative estimate of drug-likeness (QED) is 0.461. The molecule has 0 aliphatic carbocycles. The third-order valence-electron chi connectivity index (χ3n) is 3.49. The summed E-state index contributed by atoms with van der Waals surface area (Å²) in [6.07, 6.45) is 1.60. The van der Waals surface area contributed by atoms with Crippen LogP contribution in [0.4, 0.5) is 0 Å². The van der Waals surface area contributed by atoms with E-state index in [0.717, 1.165) is 10.7 Å². The minimum Gasteiger partial charge on any atom is -0.461 e. The molecule has 0 bridgehead atoms. The van der Waals surface area contributed by atoms with E-state index < -0.39 is 0 Å². The zero-order valence-electron chi connectivity index (χ0n) is 14.4. The second-order valence-electron chi connectivity index (χ2n) is 5.68. The first-order valence-corrected chi connectivity index (χ1v) is 8.87. The molecule has 0 fully saturated rings. The van der Waals surface area contributed by atoms with Gasteiger partial charge in [-0.3, -0.25) is 10.1 Å². The lowest BCUT2D eigenvalue weighted by molar-refractivity contribution is 0.577. The maximum atomic E-state index is 5.28. The minimum atomic E-state index is 0.442. The van der Waals surface area contributed by atoms with E-state index >= 15 is 0 Å². The van der Waals surface area contributed by atoms with Crippen molar-refractivity contribution in [1.82, 2.24) is 30.8 Å². The molecule has 0 radical (unpaired) electrons. The van der Waals surface area contributed by atoms with Gasteiger partial charge in [-0.05, 0) is 18.1 Å². The molecule has 3 aromatic heterocycles. The number of H-pyrrole nitrogens is 1. The van der Waals surface area contributed by atoms with Gasteiger partial charge in [0.1, 0.15) is 10.8 Å². The highest BCUT2D eigenvalue weighted by molar-refractivity contribution is 7.09. The summed E-state index contributed by atoms with van der Waals surface area (Å²) in [4.78, 5) is 13.2. The number of thiazole rings is 1. The lowest BCUT2D eigenvalue weighted by Gasteiger charge is -2.09. The molecule has 0 aliphatic heterocycles. The van der Waals surface area contributed by atoms with Gasteiger partial charge in [0.05, 0.1) is 25.0 Å². The van der Waals surface area contributed by atoms with Gasteiger partial charge in [0.15, 0.2) is 11.7 Å². The Morgan fingerprint density at radius 3 is 2.84 bits per heavy atom. The van der Waals surface area contributed by atoms with Gasteiger partial charge in [-0.2, -0.15) is 0 Å². The van der Waals surface area contributed by atoms with Gasteiger partial charge in [0.2, 0.25) is 5.82 Å². The summed E-state index contributed by atoms with van der Waals surface area (Å²) in [5.74, 6) is 2.99. The molecule has 9 heteroatoms. The Labute approximate surface area is 149 Å². The van der Waals surface area contributed by atoms with Crippen LogP contribution in [-0.4, -0.2) is 33.2 Å². The van der Waals surface area contributed by atoms with Crippen LogP contribution in [0.5, 0.6) is 0 Å². The summed E-state index contributed by atoms with van der Waals surface area (Å²) >= 11 is 1.65. The number of hydrogen-bond donors (Lipinski definition) is 3. The third kappa shape index (κ3) is 4.44. The number of nitrogens with one attached hydrogen (secondary N) is 3. The number of furan rings is 1. The molecule has 132 valence electrons. The largest absolute Gasteiger partial charge is 0.461 e. The monoisotopic (exact) mass is 359 g/mol. The number of aromatic nitrogens is 4. The molecule has 0 saturated heterocycles. The molecule has 0 amide bonds. The van der Waals surface area contributed by atoms with Crippen molar-refractivity contribution >= 4 is 17.3 Å². The smallest absolute Gasteiger partial charge is 0.216 e. The molecular formula is C16H21N7OS. The van der Waals surface area contributed by atoms with Gasteiger partial charge >= 0.3 is 0 Å². The van der Waals surface area contributed by atoms with E-state index in [2.05, 4.69) is 55.0 Å². The Morgan fingerprint density at radius 2 is 2.16 bits per heavy atom. The molecule has 3 N–H and O–H groups in total. The predicted molar refractivity (Wildman–Crippen MR) is 97.3 cm³/mol. The van der Waals surface area contributed by atoms with Crippen molar-refractivity contribution in [2.75, 3.05) is 7.05 Å². The zero-order chi connectivity index (χ0) is 17.6. The SMILES string of the molecule is CN=C(NCc1nc(-c2ccco2)n[nH]1)NCc1nc(C(C)C)cs1. The summed E-state index contributed by atoms with van der Waals surface area (Å²) in [6.45, 7) is 5.38. The van der Waals surface area contributed by atoms with E-state index in [4.69, 9.17) is 4.42 Å². The molecule has 0 atom stereocenters. The van der Waals surface area contributed by atoms with Crippen LogP contribution in [0.2, 0.25) is 0 Å². The molecule has 0 spiro atoms. The van der Waals surface area contributed by atoms with Crippen LogP contribution in [0.3, 0.4) is 0 Å². The molecule has 0 saturated carbocycles. The highest BCUT2D eigenvalue weighted by atomic mass is 32.1. The molecule has 0 aliphatic rings. The van der Waals surface area contributed by atoms with Gasteiger partial charge in [0, 0.05) is 12.4 Å². The Kier molecular flexibility index (Phi) is 5.44. The second kappa shape index (κ2) is 7.93. The van der Waals surface area contributed by atoms with E-state index in [9.17, 15) is 0 Å². The first-order chi connectivity index (χ1) is 12.2. The fourth-order valence-corrected chi connectivity index (χ4v) is 3.00. The maximum absolute atomic E-state index is 5.28. The summed E-state index contributed by atoms with van der Waals surface area (Å²) in [6, 6.07) is 3.62. The van der Waals surface area contributed by atoms with Crippen LogP contribution < -0.4 is 10.6 Å². The van der Waals surface area contributed by atoms with E-state index in [1.54, 1.807) is 30.7 Å². The number of hydrogen-bond acceptors (Lipinski definition) is 6. The summed E-state index contributed by atoms with van der Waals surface area (Å²) in [7, 11) is 1.73. The van der Waals surface area contributed by atoms with E-state index in [1.807, 2.05) is 6.07 Å². The molecule has 0 unspecified atom stereocenters. The van der Waals surface area contributed by atoms with Crippen LogP contribution in [0, 0.1) is 0 Å². The van der Waals surface area contributed by atoms with Crippen molar-refractivity contribution < 1.29 is 4.42 Å². The number of aliphatic imine (C=N–C) groups is 1. The maximum Gasteiger partial charge on any atom is 0.216 e. The van der Waals surface area contributed by atoms with Crippen LogP contribution in [-0.2, 0) is 13.1 Å². The summed E-state index contributed by atoms with van der Waals surface area (Å²) < 4.78 is 5.28. The minimum absolute atomic E-state index is 0.442. The Bertz CT molecular complexity index is 819. The number of nitrogens with zero attached hydrogens (tertiary/aromatic N) is 4. The third-order valence-corrected chi connectivity index (χ3v) is 4.36. The molecule has 25 heavy (non-hydrogen) atoms. The second-order valence-corrected chi connectivity index (χ2v) is 6.63. The van der Waals surface area contributed by atoms with Crippen LogP contribution >= 0.6 is 11.3 Å². The van der Waals surface area contributed by atoms with Crippen LogP contribution in [0.1, 0.15) is 36.3 Å². The zero-order valence-corrected chi connectivity index (χ0v) is 15.2. The topological polar surface area (TPSA) is 104 Å².